The minimum atomic E-state index is -0.303. The van der Waals surface area contributed by atoms with Gasteiger partial charge in [0, 0.05) is 0 Å². The van der Waals surface area contributed by atoms with Gasteiger partial charge in [0.2, 0.25) is 0 Å². The number of ether oxygens (including phenoxy) is 1. The number of nitrogens with zero attached hydrogens (tertiary/aromatic N) is 1. The first-order valence-electron chi connectivity index (χ1n) is 6.13. The van der Waals surface area contributed by atoms with Crippen LogP contribution in [0.25, 0.3) is 5.70 Å². The van der Waals surface area contributed by atoms with E-state index in [-0.39, 0.29) is 5.97 Å². The molecule has 3 heteroatoms. The lowest BCUT2D eigenvalue weighted by Crippen LogP contribution is -2.04. The van der Waals surface area contributed by atoms with Gasteiger partial charge in [-0.2, -0.15) is 0 Å². The number of rotatable bonds is 4. The van der Waals surface area contributed by atoms with Crippen molar-refractivity contribution in [2.24, 2.45) is 4.99 Å². The summed E-state index contributed by atoms with van der Waals surface area (Å²) in [7, 11) is 0. The van der Waals surface area contributed by atoms with Gasteiger partial charge in [-0.1, -0.05) is 32.1 Å². The number of allylic oxidation sites excluding steroid dienone is 1. The van der Waals surface area contributed by atoms with Gasteiger partial charge in [0.25, 0.3) is 0 Å². The summed E-state index contributed by atoms with van der Waals surface area (Å²) in [6.45, 7) is 11.5. The molecule has 0 aliphatic rings. The molecule has 1 aromatic carbocycles. The van der Waals surface area contributed by atoms with Crippen molar-refractivity contribution in [2.75, 3.05) is 6.61 Å². The molecular formula is C15H21NO2. The Morgan fingerprint density at radius 2 is 1.78 bits per heavy atom. The zero-order valence-corrected chi connectivity index (χ0v) is 11.6. The van der Waals surface area contributed by atoms with E-state index in [1.807, 2.05) is 39.0 Å². The van der Waals surface area contributed by atoms with Crippen LogP contribution in [0.2, 0.25) is 0 Å². The fraction of sp³-hybridized carbons (Fsp3) is 0.333. The first-order chi connectivity index (χ1) is 8.72. The highest BCUT2D eigenvalue weighted by Gasteiger charge is 2.06. The van der Waals surface area contributed by atoms with Crippen LogP contribution in [0, 0.1) is 0 Å². The molecule has 0 aliphatic carbocycles. The van der Waals surface area contributed by atoms with Gasteiger partial charge < -0.3 is 4.74 Å². The molecule has 0 aliphatic heterocycles. The largest absolute Gasteiger partial charge is 0.462 e. The average molecular weight is 247 g/mol. The third kappa shape index (κ3) is 4.53. The molecule has 3 nitrogen and oxygen atoms in total. The van der Waals surface area contributed by atoms with Crippen molar-refractivity contribution in [3.8, 4) is 0 Å². The molecular weight excluding hydrogens is 226 g/mol. The van der Waals surface area contributed by atoms with Crippen LogP contribution in [-0.4, -0.2) is 19.3 Å². The van der Waals surface area contributed by atoms with Gasteiger partial charge in [-0.05, 0) is 38.3 Å². The Morgan fingerprint density at radius 3 is 2.17 bits per heavy atom. The predicted octanol–water partition coefficient (Wildman–Crippen LogP) is 3.95. The summed E-state index contributed by atoms with van der Waals surface area (Å²) in [5.74, 6) is -0.303. The molecule has 0 radical (unpaired) electrons. The molecule has 98 valence electrons. The van der Waals surface area contributed by atoms with E-state index in [2.05, 4.69) is 11.7 Å². The quantitative estimate of drug-likeness (QED) is 0.597. The lowest BCUT2D eigenvalue weighted by atomic mass is 10.1. The Balaban J connectivity index is 0.00000137. The average Bonchev–Trinajstić information content (AvgIpc) is 2.43. The normalized spacial score (nSPS) is 10.1. The maximum atomic E-state index is 11.4. The fourth-order valence-electron chi connectivity index (χ4n) is 1.34. The molecule has 0 bridgehead atoms. The zero-order chi connectivity index (χ0) is 14.0. The molecule has 0 N–H and O–H groups in total. The number of aliphatic imine (C=N–C) groups is 1. The third-order valence-corrected chi connectivity index (χ3v) is 2.14. The monoisotopic (exact) mass is 247 g/mol. The summed E-state index contributed by atoms with van der Waals surface area (Å²) in [5.41, 5.74) is 2.28. The molecule has 0 heterocycles. The van der Waals surface area contributed by atoms with Crippen molar-refractivity contribution in [3.63, 3.8) is 0 Å². The number of hydrogen-bond acceptors (Lipinski definition) is 3. The zero-order valence-electron chi connectivity index (χ0n) is 11.6. The predicted molar refractivity (Wildman–Crippen MR) is 76.9 cm³/mol. The highest BCUT2D eigenvalue weighted by atomic mass is 16.5. The molecule has 0 atom stereocenters. The smallest absolute Gasteiger partial charge is 0.338 e. The SMILES string of the molecule is C=N/C(=C\C)c1ccc(C(=O)OCC)cc1.CC. The second-order valence-corrected chi connectivity index (χ2v) is 3.13. The number of carbonyl (C=O) groups excluding carboxylic acids is 1. The van der Waals surface area contributed by atoms with Crippen molar-refractivity contribution < 1.29 is 9.53 Å². The third-order valence-electron chi connectivity index (χ3n) is 2.14. The van der Waals surface area contributed by atoms with Crippen LogP contribution in [0.3, 0.4) is 0 Å². The van der Waals surface area contributed by atoms with Crippen LogP contribution in [-0.2, 0) is 4.74 Å². The summed E-state index contributed by atoms with van der Waals surface area (Å²) < 4.78 is 4.89. The molecule has 0 amide bonds. The lowest BCUT2D eigenvalue weighted by Gasteiger charge is -2.04. The highest BCUT2D eigenvalue weighted by molar-refractivity contribution is 5.89. The second kappa shape index (κ2) is 9.16. The first-order valence-corrected chi connectivity index (χ1v) is 6.13. The van der Waals surface area contributed by atoms with E-state index in [0.717, 1.165) is 11.3 Å². The standard InChI is InChI=1S/C13H15NO2.C2H6/c1-4-12(14-3)10-6-8-11(9-7-10)13(15)16-5-2;1-2/h4,6-9H,3,5H2,1-2H3;1-2H3/b12-4-;. The van der Waals surface area contributed by atoms with Gasteiger partial charge in [0.1, 0.15) is 0 Å². The van der Waals surface area contributed by atoms with Gasteiger partial charge in [-0.3, -0.25) is 4.99 Å². The minimum Gasteiger partial charge on any atom is -0.462 e. The van der Waals surface area contributed by atoms with Crippen LogP contribution in [0.15, 0.2) is 35.3 Å². The van der Waals surface area contributed by atoms with Crippen LogP contribution < -0.4 is 0 Å². The Kier molecular flexibility index (Phi) is 8.20. The second-order valence-electron chi connectivity index (χ2n) is 3.13. The Labute approximate surface area is 109 Å². The molecule has 0 saturated carbocycles. The Hall–Kier alpha value is -1.90. The van der Waals surface area contributed by atoms with E-state index in [4.69, 9.17) is 4.74 Å². The van der Waals surface area contributed by atoms with Gasteiger partial charge in [0.15, 0.2) is 0 Å². The Morgan fingerprint density at radius 1 is 1.28 bits per heavy atom. The number of esters is 1. The molecule has 0 spiro atoms. The summed E-state index contributed by atoms with van der Waals surface area (Å²) in [5, 5.41) is 0. The van der Waals surface area contributed by atoms with Gasteiger partial charge >= 0.3 is 5.97 Å². The topological polar surface area (TPSA) is 38.7 Å². The Bertz CT molecular complexity index is 405. The van der Waals surface area contributed by atoms with Crippen LogP contribution >= 0.6 is 0 Å². The van der Waals surface area contributed by atoms with Crippen molar-refractivity contribution >= 4 is 18.4 Å². The highest BCUT2D eigenvalue weighted by Crippen LogP contribution is 2.16. The molecule has 0 saturated heterocycles. The van der Waals surface area contributed by atoms with Gasteiger partial charge in [-0.15, -0.1) is 0 Å². The van der Waals surface area contributed by atoms with Gasteiger partial charge in [-0.25, -0.2) is 4.79 Å². The number of carbonyl (C=O) groups is 1. The molecule has 1 rings (SSSR count). The number of benzene rings is 1. The molecule has 1 aromatic rings. The molecule has 0 aromatic heterocycles. The maximum absolute atomic E-state index is 11.4. The van der Waals surface area contributed by atoms with E-state index < -0.39 is 0 Å². The molecule has 18 heavy (non-hydrogen) atoms. The lowest BCUT2D eigenvalue weighted by molar-refractivity contribution is 0.0526. The van der Waals surface area contributed by atoms with Crippen LogP contribution in [0.5, 0.6) is 0 Å². The summed E-state index contributed by atoms with van der Waals surface area (Å²) >= 11 is 0. The molecule has 0 fully saturated rings. The van der Waals surface area contributed by atoms with E-state index in [1.165, 1.54) is 0 Å². The summed E-state index contributed by atoms with van der Waals surface area (Å²) in [4.78, 5) is 15.3. The van der Waals surface area contributed by atoms with Crippen molar-refractivity contribution in [3.05, 3.63) is 41.5 Å². The van der Waals surface area contributed by atoms with E-state index in [9.17, 15) is 4.79 Å². The first kappa shape index (κ1) is 16.1. The van der Waals surface area contributed by atoms with Gasteiger partial charge in [0.05, 0.1) is 17.9 Å². The summed E-state index contributed by atoms with van der Waals surface area (Å²) in [6, 6.07) is 7.11. The minimum absolute atomic E-state index is 0.303. The number of hydrogen-bond donors (Lipinski definition) is 0. The van der Waals surface area contributed by atoms with Crippen LogP contribution in [0.1, 0.15) is 43.6 Å². The van der Waals surface area contributed by atoms with Crippen LogP contribution in [0.4, 0.5) is 0 Å². The van der Waals surface area contributed by atoms with E-state index in [0.29, 0.717) is 12.2 Å². The summed E-state index contributed by atoms with van der Waals surface area (Å²) in [6.07, 6.45) is 1.87. The maximum Gasteiger partial charge on any atom is 0.338 e. The van der Waals surface area contributed by atoms with E-state index >= 15 is 0 Å². The van der Waals surface area contributed by atoms with Crippen molar-refractivity contribution in [1.82, 2.24) is 0 Å². The van der Waals surface area contributed by atoms with E-state index in [1.54, 1.807) is 19.1 Å². The fourth-order valence-corrected chi connectivity index (χ4v) is 1.34. The molecule has 0 unspecified atom stereocenters. The van der Waals surface area contributed by atoms with Crippen molar-refractivity contribution in [2.45, 2.75) is 27.7 Å². The van der Waals surface area contributed by atoms with Crippen molar-refractivity contribution in [1.29, 1.82) is 0 Å².